The first-order valence-electron chi connectivity index (χ1n) is 3.88. The van der Waals surface area contributed by atoms with Gasteiger partial charge in [-0.2, -0.15) is 0 Å². The maximum absolute atomic E-state index is 11.4. The number of hydrogen-bond donors (Lipinski definition) is 2. The van der Waals surface area contributed by atoms with Crippen LogP contribution in [0.15, 0.2) is 27.6 Å². The van der Waals surface area contributed by atoms with Crippen molar-refractivity contribution in [3.63, 3.8) is 0 Å². The summed E-state index contributed by atoms with van der Waals surface area (Å²) in [4.78, 5) is 11.4. The summed E-state index contributed by atoms with van der Waals surface area (Å²) in [6.45, 7) is 0.383. The number of aliphatic hydroxyl groups is 1. The first-order chi connectivity index (χ1) is 6.15. The molecule has 72 valence electrons. The molecule has 0 aliphatic carbocycles. The fraction of sp³-hybridized carbons (Fsp3) is 0.375. The van der Waals surface area contributed by atoms with Gasteiger partial charge in [-0.05, 0) is 28.1 Å². The van der Waals surface area contributed by atoms with E-state index >= 15 is 0 Å². The standard InChI is InChI=1S/C8H11BrN2O2/c9-7-2-1-3-11(8(7)13)5-6(12)4-10/h1-3,6,12H,4-5,10H2/t6-/m0/s1. The summed E-state index contributed by atoms with van der Waals surface area (Å²) in [5.41, 5.74) is 5.07. The highest BCUT2D eigenvalue weighted by Gasteiger charge is 2.04. The molecule has 0 aliphatic rings. The lowest BCUT2D eigenvalue weighted by atomic mass is 10.3. The molecule has 1 aromatic rings. The molecule has 0 spiro atoms. The Bertz CT molecular complexity index is 337. The molecule has 0 bridgehead atoms. The third-order valence-electron chi connectivity index (χ3n) is 1.65. The fourth-order valence-electron chi connectivity index (χ4n) is 0.953. The molecule has 3 N–H and O–H groups in total. The van der Waals surface area contributed by atoms with Crippen LogP contribution < -0.4 is 11.3 Å². The van der Waals surface area contributed by atoms with Crippen molar-refractivity contribution in [2.75, 3.05) is 6.54 Å². The van der Waals surface area contributed by atoms with E-state index in [4.69, 9.17) is 5.73 Å². The predicted molar refractivity (Wildman–Crippen MR) is 53.5 cm³/mol. The molecule has 13 heavy (non-hydrogen) atoms. The molecule has 0 aliphatic heterocycles. The van der Waals surface area contributed by atoms with Crippen LogP contribution in [0.25, 0.3) is 0 Å². The van der Waals surface area contributed by atoms with Gasteiger partial charge in [0.25, 0.3) is 5.56 Å². The van der Waals surface area contributed by atoms with E-state index in [9.17, 15) is 9.90 Å². The topological polar surface area (TPSA) is 68.2 Å². The van der Waals surface area contributed by atoms with Gasteiger partial charge in [0.15, 0.2) is 0 Å². The summed E-state index contributed by atoms with van der Waals surface area (Å²) in [6.07, 6.45) is 0.943. The summed E-state index contributed by atoms with van der Waals surface area (Å²) in [5, 5.41) is 9.23. The van der Waals surface area contributed by atoms with Crippen LogP contribution in [0.3, 0.4) is 0 Å². The van der Waals surface area contributed by atoms with Gasteiger partial charge in [-0.3, -0.25) is 4.79 Å². The summed E-state index contributed by atoms with van der Waals surface area (Å²) in [6, 6.07) is 3.39. The van der Waals surface area contributed by atoms with E-state index in [0.717, 1.165) is 0 Å². The minimum absolute atomic E-state index is 0.152. The monoisotopic (exact) mass is 246 g/mol. The van der Waals surface area contributed by atoms with Crippen molar-refractivity contribution in [1.29, 1.82) is 0 Å². The van der Waals surface area contributed by atoms with Crippen LogP contribution in [0.2, 0.25) is 0 Å². The van der Waals surface area contributed by atoms with Crippen molar-refractivity contribution < 1.29 is 5.11 Å². The quantitative estimate of drug-likeness (QED) is 0.785. The Balaban J connectivity index is 2.89. The molecule has 5 heteroatoms. The van der Waals surface area contributed by atoms with Crippen molar-refractivity contribution in [3.8, 4) is 0 Å². The van der Waals surface area contributed by atoms with Gasteiger partial charge in [-0.1, -0.05) is 0 Å². The van der Waals surface area contributed by atoms with E-state index in [1.165, 1.54) is 4.57 Å². The van der Waals surface area contributed by atoms with E-state index in [1.54, 1.807) is 18.3 Å². The maximum atomic E-state index is 11.4. The maximum Gasteiger partial charge on any atom is 0.264 e. The molecule has 0 amide bonds. The van der Waals surface area contributed by atoms with Gasteiger partial charge in [0.1, 0.15) is 0 Å². The molecule has 0 unspecified atom stereocenters. The Kier molecular flexibility index (Phi) is 3.65. The molecular formula is C8H11BrN2O2. The lowest BCUT2D eigenvalue weighted by molar-refractivity contribution is 0.160. The second-order valence-corrected chi connectivity index (χ2v) is 3.56. The zero-order valence-electron chi connectivity index (χ0n) is 6.98. The van der Waals surface area contributed by atoms with E-state index < -0.39 is 6.10 Å². The van der Waals surface area contributed by atoms with Crippen molar-refractivity contribution in [1.82, 2.24) is 4.57 Å². The molecular weight excluding hydrogens is 236 g/mol. The third kappa shape index (κ3) is 2.65. The number of hydrogen-bond acceptors (Lipinski definition) is 3. The molecule has 1 atom stereocenters. The van der Waals surface area contributed by atoms with Crippen LogP contribution in [0.5, 0.6) is 0 Å². The molecule has 1 aromatic heterocycles. The van der Waals surface area contributed by atoms with Crippen LogP contribution in [0.1, 0.15) is 0 Å². The average Bonchev–Trinajstić information content (AvgIpc) is 2.13. The van der Waals surface area contributed by atoms with Crippen LogP contribution >= 0.6 is 15.9 Å². The molecule has 1 heterocycles. The molecule has 0 aromatic carbocycles. The lowest BCUT2D eigenvalue weighted by Crippen LogP contribution is -2.30. The van der Waals surface area contributed by atoms with Crippen molar-refractivity contribution in [2.45, 2.75) is 12.6 Å². The highest BCUT2D eigenvalue weighted by Crippen LogP contribution is 2.00. The van der Waals surface area contributed by atoms with Gasteiger partial charge in [-0.25, -0.2) is 0 Å². The smallest absolute Gasteiger partial charge is 0.264 e. The summed E-state index contributed by atoms with van der Waals surface area (Å²) >= 11 is 3.11. The second-order valence-electron chi connectivity index (χ2n) is 2.70. The molecule has 0 radical (unpaired) electrons. The first-order valence-corrected chi connectivity index (χ1v) is 4.67. The normalized spacial score (nSPS) is 12.8. The number of halogens is 1. The van der Waals surface area contributed by atoms with Gasteiger partial charge in [0.2, 0.25) is 0 Å². The zero-order chi connectivity index (χ0) is 9.84. The Morgan fingerprint density at radius 3 is 3.00 bits per heavy atom. The molecule has 0 saturated heterocycles. The average molecular weight is 247 g/mol. The number of aliphatic hydroxyl groups excluding tert-OH is 1. The predicted octanol–water partition coefficient (Wildman–Crippen LogP) is -0.0696. The lowest BCUT2D eigenvalue weighted by Gasteiger charge is -2.09. The number of aromatic nitrogens is 1. The SMILES string of the molecule is NC[C@H](O)Cn1cccc(Br)c1=O. The Morgan fingerprint density at radius 2 is 2.38 bits per heavy atom. The summed E-state index contributed by atoms with van der Waals surface area (Å²) in [5.74, 6) is 0. The van der Waals surface area contributed by atoms with E-state index in [-0.39, 0.29) is 18.6 Å². The van der Waals surface area contributed by atoms with E-state index in [1.807, 2.05) is 0 Å². The molecule has 0 fully saturated rings. The second kappa shape index (κ2) is 4.55. The van der Waals surface area contributed by atoms with E-state index in [0.29, 0.717) is 4.47 Å². The Labute approximate surface area is 84.1 Å². The van der Waals surface area contributed by atoms with Gasteiger partial charge < -0.3 is 15.4 Å². The summed E-state index contributed by atoms with van der Waals surface area (Å²) < 4.78 is 1.90. The highest BCUT2D eigenvalue weighted by atomic mass is 79.9. The molecule has 1 rings (SSSR count). The van der Waals surface area contributed by atoms with Gasteiger partial charge in [-0.15, -0.1) is 0 Å². The largest absolute Gasteiger partial charge is 0.390 e. The fourth-order valence-corrected chi connectivity index (χ4v) is 1.33. The zero-order valence-corrected chi connectivity index (χ0v) is 8.57. The van der Waals surface area contributed by atoms with Crippen LogP contribution in [-0.2, 0) is 6.54 Å². The van der Waals surface area contributed by atoms with Gasteiger partial charge in [0, 0.05) is 12.7 Å². The minimum Gasteiger partial charge on any atom is -0.390 e. The van der Waals surface area contributed by atoms with Gasteiger partial charge in [0.05, 0.1) is 17.1 Å². The van der Waals surface area contributed by atoms with Crippen molar-refractivity contribution in [3.05, 3.63) is 33.2 Å². The van der Waals surface area contributed by atoms with Gasteiger partial charge >= 0.3 is 0 Å². The molecule has 4 nitrogen and oxygen atoms in total. The summed E-state index contributed by atoms with van der Waals surface area (Å²) in [7, 11) is 0. The van der Waals surface area contributed by atoms with Crippen LogP contribution in [0, 0.1) is 0 Å². The Morgan fingerprint density at radius 1 is 1.69 bits per heavy atom. The number of nitrogens with two attached hydrogens (primary N) is 1. The minimum atomic E-state index is -0.674. The molecule has 0 saturated carbocycles. The number of nitrogens with zero attached hydrogens (tertiary/aromatic N) is 1. The first kappa shape index (κ1) is 10.4. The highest BCUT2D eigenvalue weighted by molar-refractivity contribution is 9.10. The van der Waals surface area contributed by atoms with Crippen molar-refractivity contribution in [2.24, 2.45) is 5.73 Å². The third-order valence-corrected chi connectivity index (χ3v) is 2.26. The van der Waals surface area contributed by atoms with Crippen LogP contribution in [0.4, 0.5) is 0 Å². The van der Waals surface area contributed by atoms with Crippen LogP contribution in [-0.4, -0.2) is 22.3 Å². The van der Waals surface area contributed by atoms with Crippen molar-refractivity contribution >= 4 is 15.9 Å². The number of rotatable bonds is 3. The number of pyridine rings is 1. The Hall–Kier alpha value is -0.650. The van der Waals surface area contributed by atoms with E-state index in [2.05, 4.69) is 15.9 Å².